The third-order valence-corrected chi connectivity index (χ3v) is 15.7. The van der Waals surface area contributed by atoms with Crippen LogP contribution in [0.3, 0.4) is 0 Å². The summed E-state index contributed by atoms with van der Waals surface area (Å²) in [5.41, 5.74) is -0.195. The zero-order chi connectivity index (χ0) is 44.8. The van der Waals surface area contributed by atoms with E-state index in [4.69, 9.17) is 28.7 Å². The third-order valence-electron chi connectivity index (χ3n) is 13.8. The van der Waals surface area contributed by atoms with Gasteiger partial charge in [-0.1, -0.05) is 43.2 Å². The number of nitrogens with zero attached hydrogens (tertiary/aromatic N) is 2. The highest BCUT2D eigenvalue weighted by atomic mass is 32.2. The van der Waals surface area contributed by atoms with Gasteiger partial charge in [0.15, 0.2) is 0 Å². The molecule has 4 aliphatic carbocycles. The van der Waals surface area contributed by atoms with E-state index < -0.39 is 68.7 Å². The van der Waals surface area contributed by atoms with E-state index >= 15 is 4.79 Å². The Hall–Kier alpha value is -4.74. The molecule has 3 heterocycles. The lowest BCUT2D eigenvalue weighted by molar-refractivity contribution is -0.142. The van der Waals surface area contributed by atoms with Gasteiger partial charge in [0.25, 0.3) is 5.91 Å². The van der Waals surface area contributed by atoms with E-state index in [1.165, 1.54) is 11.0 Å². The molecule has 8 rings (SSSR count). The molecule has 1 aromatic carbocycles. The van der Waals surface area contributed by atoms with Gasteiger partial charge in [0, 0.05) is 37.9 Å². The number of carbonyl (C=O) groups excluding carboxylic acids is 4. The first kappa shape index (κ1) is 45.8. The van der Waals surface area contributed by atoms with Crippen LogP contribution in [0.25, 0.3) is 10.9 Å². The van der Waals surface area contributed by atoms with Gasteiger partial charge in [-0.15, -0.1) is 6.58 Å². The number of hydrogen-bond donors (Lipinski definition) is 3. The molecule has 2 bridgehead atoms. The molecule has 1 aromatic heterocycles. The van der Waals surface area contributed by atoms with Gasteiger partial charge in [-0.2, -0.15) is 0 Å². The van der Waals surface area contributed by atoms with Crippen LogP contribution in [0.5, 0.6) is 11.6 Å². The Bertz CT molecular complexity index is 2190. The molecule has 1 unspecified atom stereocenters. The molecule has 7 atom stereocenters. The number of alkyl carbamates (subject to hydrolysis) is 1. The molecule has 4 amide bonds. The molecule has 1 saturated heterocycles. The second-order valence-electron chi connectivity index (χ2n) is 18.3. The van der Waals surface area contributed by atoms with Crippen LogP contribution in [0, 0.1) is 17.8 Å². The van der Waals surface area contributed by atoms with Gasteiger partial charge < -0.3 is 39.2 Å². The summed E-state index contributed by atoms with van der Waals surface area (Å²) in [6, 6.07) is 5.56. The Morgan fingerprint density at radius 2 is 1.78 bits per heavy atom. The maximum absolute atomic E-state index is 15.1. The average molecular weight is 906 g/mol. The first-order chi connectivity index (χ1) is 31.0. The van der Waals surface area contributed by atoms with Crippen LogP contribution in [0.1, 0.15) is 95.5 Å². The summed E-state index contributed by atoms with van der Waals surface area (Å²) in [5.74, 6) is -1.52. The number of carbonyl (C=O) groups is 4. The fraction of sp³-hybridized carbons (Fsp3) is 0.638. The molecule has 64 heavy (non-hydrogen) atoms. The van der Waals surface area contributed by atoms with Crippen LogP contribution in [0.15, 0.2) is 49.1 Å². The molecule has 348 valence electrons. The van der Waals surface area contributed by atoms with E-state index in [2.05, 4.69) is 34.1 Å². The van der Waals surface area contributed by atoms with Crippen molar-refractivity contribution in [2.24, 2.45) is 17.8 Å². The van der Waals surface area contributed by atoms with Crippen molar-refractivity contribution in [2.45, 2.75) is 131 Å². The molecule has 2 aromatic rings. The monoisotopic (exact) mass is 905 g/mol. The SMILES string of the molecule is C=CC1C[C@]1(NC(=O)[C@@H]1C[C@@H]2CN1C(=O)[C@H](C1CCCC1)NC(=O)O[C@@H]1CCC[C@H]1CC/C=C/Cc1c(nc3ccccc3c1OCCCOCCOC)O2)C(=O)NS(=O)(=O)C1CC1. The van der Waals surface area contributed by atoms with Gasteiger partial charge in [-0.3, -0.25) is 19.1 Å². The van der Waals surface area contributed by atoms with Crippen LogP contribution in [0.2, 0.25) is 0 Å². The minimum Gasteiger partial charge on any atom is -0.492 e. The first-order valence-electron chi connectivity index (χ1n) is 23.2. The van der Waals surface area contributed by atoms with Crippen molar-refractivity contribution in [3.05, 3.63) is 54.6 Å². The van der Waals surface area contributed by atoms with Crippen molar-refractivity contribution in [1.82, 2.24) is 25.2 Å². The molecule has 0 spiro atoms. The van der Waals surface area contributed by atoms with E-state index in [0.717, 1.165) is 55.9 Å². The Balaban J connectivity index is 1.14. The van der Waals surface area contributed by atoms with Gasteiger partial charge in [-0.05, 0) is 94.6 Å². The summed E-state index contributed by atoms with van der Waals surface area (Å²) in [6.07, 6.45) is 13.6. The number of ether oxygens (including phenoxy) is 5. The maximum Gasteiger partial charge on any atom is 0.408 e. The topological polar surface area (TPSA) is 201 Å². The number of aromatic nitrogens is 1. The Morgan fingerprint density at radius 3 is 2.55 bits per heavy atom. The number of sulfonamides is 1. The summed E-state index contributed by atoms with van der Waals surface area (Å²) >= 11 is 0. The highest BCUT2D eigenvalue weighted by Gasteiger charge is 2.62. The fourth-order valence-electron chi connectivity index (χ4n) is 10.0. The van der Waals surface area contributed by atoms with E-state index in [9.17, 15) is 22.8 Å². The lowest BCUT2D eigenvalue weighted by Crippen LogP contribution is -2.59. The molecule has 4 saturated carbocycles. The van der Waals surface area contributed by atoms with E-state index in [1.54, 1.807) is 7.11 Å². The molecule has 6 aliphatic rings. The Morgan fingerprint density at radius 1 is 0.984 bits per heavy atom. The molecular formula is C47H63N5O11S. The van der Waals surface area contributed by atoms with Crippen LogP contribution in [0.4, 0.5) is 4.79 Å². The van der Waals surface area contributed by atoms with Gasteiger partial charge in [0.1, 0.15) is 35.6 Å². The number of allylic oxidation sites excluding steroid dienone is 2. The highest BCUT2D eigenvalue weighted by Crippen LogP contribution is 2.46. The predicted octanol–water partition coefficient (Wildman–Crippen LogP) is 5.03. The number of nitrogens with one attached hydrogen (secondary N) is 3. The maximum atomic E-state index is 15.1. The Kier molecular flexibility index (Phi) is 14.5. The largest absolute Gasteiger partial charge is 0.492 e. The minimum atomic E-state index is -3.92. The predicted molar refractivity (Wildman–Crippen MR) is 237 cm³/mol. The number of rotatable bonds is 15. The summed E-state index contributed by atoms with van der Waals surface area (Å²) in [7, 11) is -2.29. The van der Waals surface area contributed by atoms with Crippen molar-refractivity contribution < 1.29 is 51.3 Å². The van der Waals surface area contributed by atoms with E-state index in [1.807, 2.05) is 24.3 Å². The highest BCUT2D eigenvalue weighted by molar-refractivity contribution is 7.91. The van der Waals surface area contributed by atoms with Crippen molar-refractivity contribution in [1.29, 1.82) is 0 Å². The smallest absolute Gasteiger partial charge is 0.408 e. The second kappa shape index (κ2) is 20.2. The zero-order valence-electron chi connectivity index (χ0n) is 36.8. The van der Waals surface area contributed by atoms with Crippen molar-refractivity contribution in [3.63, 3.8) is 0 Å². The third kappa shape index (κ3) is 10.4. The number of amides is 4. The molecule has 17 heteroatoms. The molecular weight excluding hydrogens is 843 g/mol. The number of benzene rings is 1. The van der Waals surface area contributed by atoms with Crippen molar-refractivity contribution in [2.75, 3.05) is 40.1 Å². The second-order valence-corrected chi connectivity index (χ2v) is 20.2. The van der Waals surface area contributed by atoms with Gasteiger partial charge in [0.05, 0.1) is 42.7 Å². The molecule has 16 nitrogen and oxygen atoms in total. The van der Waals surface area contributed by atoms with Crippen LogP contribution in [-0.2, 0) is 45.0 Å². The number of fused-ring (bicyclic) bond motifs is 5. The van der Waals surface area contributed by atoms with Crippen LogP contribution >= 0.6 is 0 Å². The lowest BCUT2D eigenvalue weighted by Gasteiger charge is -2.32. The van der Waals surface area contributed by atoms with Crippen LogP contribution in [-0.4, -0.2) is 117 Å². The quantitative estimate of drug-likeness (QED) is 0.159. The zero-order valence-corrected chi connectivity index (χ0v) is 37.6. The number of para-hydroxylation sites is 1. The summed E-state index contributed by atoms with van der Waals surface area (Å²) < 4.78 is 58.3. The van der Waals surface area contributed by atoms with Crippen LogP contribution < -0.4 is 24.8 Å². The van der Waals surface area contributed by atoms with Gasteiger partial charge in [-0.25, -0.2) is 18.2 Å². The number of hydrogen-bond acceptors (Lipinski definition) is 12. The molecule has 3 N–H and O–H groups in total. The summed E-state index contributed by atoms with van der Waals surface area (Å²) in [6.45, 7) is 5.65. The minimum absolute atomic E-state index is 0.0266. The summed E-state index contributed by atoms with van der Waals surface area (Å²) in [5, 5.41) is 6.01. The van der Waals surface area contributed by atoms with Crippen molar-refractivity contribution >= 4 is 44.7 Å². The lowest BCUT2D eigenvalue weighted by atomic mass is 9.96. The first-order valence-corrected chi connectivity index (χ1v) is 24.8. The van der Waals surface area contributed by atoms with Gasteiger partial charge >= 0.3 is 6.09 Å². The number of pyridine rings is 1. The van der Waals surface area contributed by atoms with E-state index in [0.29, 0.717) is 82.1 Å². The fourth-order valence-corrected chi connectivity index (χ4v) is 11.4. The van der Waals surface area contributed by atoms with E-state index in [-0.39, 0.29) is 37.3 Å². The molecule has 2 aliphatic heterocycles. The number of methoxy groups -OCH3 is 1. The Labute approximate surface area is 375 Å². The van der Waals surface area contributed by atoms with Gasteiger partial charge in [0.2, 0.25) is 27.7 Å². The average Bonchev–Trinajstić information content (AvgIpc) is 4.07. The summed E-state index contributed by atoms with van der Waals surface area (Å²) in [4.78, 5) is 63.7. The standard InChI is InChI=1S/C47H63N5O11S/c1-3-32-28-47(32,45(55)51-64(57,58)34-21-22-34)50-42(53)38-27-33-29-52(38)44(54)40(31-14-7-8-15-31)49-46(56)63-39-20-11-16-30(39)13-5-4-6-18-36-41(61-24-12-23-60-26-25-59-2)35-17-9-10-19-37(35)48-43(36)62-33/h3-4,6,9-10,17,19,30-34,38-40H,1,5,7-8,11-16,18,20-29H2,2H3,(H,49,56)(H,50,53)(H,51,55)/b6-4+/t30-,32?,33-,38+,39-,40+,47-/m1/s1. The molecule has 5 fully saturated rings. The normalized spacial score (nSPS) is 29.3. The van der Waals surface area contributed by atoms with Crippen molar-refractivity contribution in [3.8, 4) is 11.6 Å². The molecule has 0 radical (unpaired) electrons.